The van der Waals surface area contributed by atoms with Gasteiger partial charge in [0.15, 0.2) is 0 Å². The molecule has 1 aliphatic heterocycles. The van der Waals surface area contributed by atoms with Gasteiger partial charge in [0.1, 0.15) is 11.9 Å². The standard InChI is InChI=1S/C30H37FO2/c1-4-5-9-22(23-11-8-12-25(31)18-23)16-14-20(2)15-17-27-26-13-7-6-10-24(26)19-28-29(27)21(3)33-30(28)32/h5,8-9,11-12,14-18,21,24,26-29H,4,6-7,10,13,19H2,1-3H3/b9-5+,17-15+,20-14+,22-16+/t21?,24?,26?,27-,28-,29+/m0/s1. The number of ether oxygens (including phenoxy) is 1. The molecule has 33 heavy (non-hydrogen) atoms. The van der Waals surface area contributed by atoms with Gasteiger partial charge in [0.05, 0.1) is 5.92 Å². The van der Waals surface area contributed by atoms with E-state index in [9.17, 15) is 9.18 Å². The summed E-state index contributed by atoms with van der Waals surface area (Å²) >= 11 is 0. The van der Waals surface area contributed by atoms with E-state index in [0.717, 1.165) is 29.6 Å². The van der Waals surface area contributed by atoms with Crippen LogP contribution in [-0.4, -0.2) is 12.1 Å². The highest BCUT2D eigenvalue weighted by Gasteiger charge is 2.53. The molecule has 0 amide bonds. The Morgan fingerprint density at radius 2 is 2.00 bits per heavy atom. The Hall–Kier alpha value is -2.42. The normalized spacial score (nSPS) is 32.8. The zero-order valence-electron chi connectivity index (χ0n) is 20.2. The smallest absolute Gasteiger partial charge is 0.309 e. The fraction of sp³-hybridized carbons (Fsp3) is 0.500. The van der Waals surface area contributed by atoms with Crippen LogP contribution in [0.5, 0.6) is 0 Å². The largest absolute Gasteiger partial charge is 0.462 e. The van der Waals surface area contributed by atoms with E-state index in [2.05, 4.69) is 57.2 Å². The third-order valence-corrected chi connectivity index (χ3v) is 7.87. The van der Waals surface area contributed by atoms with Crippen LogP contribution < -0.4 is 0 Å². The summed E-state index contributed by atoms with van der Waals surface area (Å²) in [6.07, 6.45) is 20.0. The second kappa shape index (κ2) is 10.7. The average molecular weight is 449 g/mol. The van der Waals surface area contributed by atoms with Crippen LogP contribution in [0.4, 0.5) is 4.39 Å². The van der Waals surface area contributed by atoms with Crippen molar-refractivity contribution in [1.82, 2.24) is 0 Å². The molecule has 1 aromatic carbocycles. The van der Waals surface area contributed by atoms with Gasteiger partial charge in [-0.15, -0.1) is 0 Å². The van der Waals surface area contributed by atoms with E-state index in [4.69, 9.17) is 4.74 Å². The van der Waals surface area contributed by atoms with Crippen molar-refractivity contribution in [3.63, 3.8) is 0 Å². The molecule has 2 aliphatic carbocycles. The van der Waals surface area contributed by atoms with Crippen LogP contribution in [0.15, 0.2) is 66.3 Å². The Labute approximate surface area is 198 Å². The van der Waals surface area contributed by atoms with Crippen LogP contribution in [0.25, 0.3) is 5.57 Å². The molecule has 6 atom stereocenters. The summed E-state index contributed by atoms with van der Waals surface area (Å²) in [6, 6.07) is 6.75. The van der Waals surface area contributed by atoms with E-state index in [-0.39, 0.29) is 23.8 Å². The molecule has 1 heterocycles. The number of rotatable bonds is 6. The van der Waals surface area contributed by atoms with Gasteiger partial charge < -0.3 is 4.74 Å². The fourth-order valence-corrected chi connectivity index (χ4v) is 6.29. The van der Waals surface area contributed by atoms with Crippen molar-refractivity contribution in [3.05, 3.63) is 77.7 Å². The quantitative estimate of drug-likeness (QED) is 0.329. The lowest BCUT2D eigenvalue weighted by molar-refractivity contribution is -0.144. The highest BCUT2D eigenvalue weighted by Crippen LogP contribution is 2.53. The van der Waals surface area contributed by atoms with Gasteiger partial charge in [-0.25, -0.2) is 4.39 Å². The Morgan fingerprint density at radius 3 is 2.79 bits per heavy atom. The lowest BCUT2D eigenvalue weighted by atomic mass is 9.57. The lowest BCUT2D eigenvalue weighted by Crippen LogP contribution is -2.42. The number of hydrogen-bond acceptors (Lipinski definition) is 2. The summed E-state index contributed by atoms with van der Waals surface area (Å²) in [6.45, 7) is 6.28. The number of benzene rings is 1. The number of esters is 1. The van der Waals surface area contributed by atoms with Crippen molar-refractivity contribution in [2.45, 2.75) is 65.4 Å². The molecule has 4 rings (SSSR count). The van der Waals surface area contributed by atoms with Gasteiger partial charge in [-0.1, -0.05) is 80.3 Å². The zero-order chi connectivity index (χ0) is 23.4. The highest BCUT2D eigenvalue weighted by molar-refractivity contribution is 5.76. The second-order valence-electron chi connectivity index (χ2n) is 10.1. The van der Waals surface area contributed by atoms with Gasteiger partial charge in [0, 0.05) is 5.92 Å². The maximum Gasteiger partial charge on any atom is 0.309 e. The molecule has 3 unspecified atom stereocenters. The Balaban J connectivity index is 1.57. The predicted molar refractivity (Wildman–Crippen MR) is 133 cm³/mol. The van der Waals surface area contributed by atoms with Crippen LogP contribution in [0.2, 0.25) is 0 Å². The number of cyclic esters (lactones) is 1. The molecule has 3 fully saturated rings. The minimum atomic E-state index is -0.222. The molecular weight excluding hydrogens is 411 g/mol. The molecule has 2 nitrogen and oxygen atoms in total. The summed E-state index contributed by atoms with van der Waals surface area (Å²) < 4.78 is 19.5. The van der Waals surface area contributed by atoms with E-state index in [0.29, 0.717) is 23.7 Å². The molecule has 0 aromatic heterocycles. The molecule has 0 N–H and O–H groups in total. The summed E-state index contributed by atoms with van der Waals surface area (Å²) in [5.74, 6) is 1.87. The Bertz CT molecular complexity index is 969. The van der Waals surface area contributed by atoms with Crippen LogP contribution in [-0.2, 0) is 9.53 Å². The van der Waals surface area contributed by atoms with Gasteiger partial charge in [-0.3, -0.25) is 4.79 Å². The molecule has 1 saturated heterocycles. The molecule has 1 aromatic rings. The van der Waals surface area contributed by atoms with Crippen LogP contribution in [0.1, 0.15) is 64.9 Å². The molecule has 0 spiro atoms. The summed E-state index contributed by atoms with van der Waals surface area (Å²) in [5.41, 5.74) is 3.03. The maximum atomic E-state index is 13.8. The van der Waals surface area contributed by atoms with Crippen LogP contribution >= 0.6 is 0 Å². The van der Waals surface area contributed by atoms with Gasteiger partial charge in [0.2, 0.25) is 0 Å². The molecule has 3 heteroatoms. The Morgan fingerprint density at radius 1 is 1.18 bits per heavy atom. The summed E-state index contributed by atoms with van der Waals surface area (Å²) in [5, 5.41) is 0. The fourth-order valence-electron chi connectivity index (χ4n) is 6.29. The molecular formula is C30H37FO2. The predicted octanol–water partition coefficient (Wildman–Crippen LogP) is 7.68. The monoisotopic (exact) mass is 448 g/mol. The first kappa shape index (κ1) is 23.7. The number of carbonyl (C=O) groups excluding carboxylic acids is 1. The number of halogens is 1. The van der Waals surface area contributed by atoms with Crippen molar-refractivity contribution in [2.24, 2.45) is 29.6 Å². The van der Waals surface area contributed by atoms with E-state index in [1.807, 2.05) is 6.07 Å². The maximum absolute atomic E-state index is 13.8. The first-order valence-electron chi connectivity index (χ1n) is 12.7. The SMILES string of the molecule is CC/C=C/C(=C\C=C(C)\C=C\[C@H]1C2CCCCC2C[C@@H]2C(=O)OC(C)[C@@H]21)c1cccc(F)c1. The van der Waals surface area contributed by atoms with Gasteiger partial charge in [-0.05, 0) is 74.1 Å². The molecule has 176 valence electrons. The van der Waals surface area contributed by atoms with Crippen LogP contribution in [0.3, 0.4) is 0 Å². The summed E-state index contributed by atoms with van der Waals surface area (Å²) in [7, 11) is 0. The minimum Gasteiger partial charge on any atom is -0.462 e. The topological polar surface area (TPSA) is 26.3 Å². The van der Waals surface area contributed by atoms with Crippen molar-refractivity contribution >= 4 is 11.5 Å². The second-order valence-corrected chi connectivity index (χ2v) is 10.1. The van der Waals surface area contributed by atoms with E-state index < -0.39 is 0 Å². The first-order valence-corrected chi connectivity index (χ1v) is 12.7. The van der Waals surface area contributed by atoms with E-state index in [1.165, 1.54) is 31.7 Å². The summed E-state index contributed by atoms with van der Waals surface area (Å²) in [4.78, 5) is 12.5. The Kier molecular flexibility index (Phi) is 7.67. The third-order valence-electron chi connectivity index (χ3n) is 7.87. The average Bonchev–Trinajstić information content (AvgIpc) is 3.09. The van der Waals surface area contributed by atoms with E-state index in [1.54, 1.807) is 12.1 Å². The number of fused-ring (bicyclic) bond motifs is 2. The first-order chi connectivity index (χ1) is 16.0. The minimum absolute atomic E-state index is 0.00275. The van der Waals surface area contributed by atoms with Crippen molar-refractivity contribution < 1.29 is 13.9 Å². The van der Waals surface area contributed by atoms with Gasteiger partial charge in [-0.2, -0.15) is 0 Å². The van der Waals surface area contributed by atoms with Gasteiger partial charge in [0.25, 0.3) is 0 Å². The highest BCUT2D eigenvalue weighted by atomic mass is 19.1. The number of allylic oxidation sites excluding steroid dienone is 8. The molecule has 2 saturated carbocycles. The van der Waals surface area contributed by atoms with Gasteiger partial charge >= 0.3 is 5.97 Å². The number of hydrogen-bond donors (Lipinski definition) is 0. The van der Waals surface area contributed by atoms with Crippen molar-refractivity contribution in [2.75, 3.05) is 0 Å². The lowest BCUT2D eigenvalue weighted by Gasteiger charge is -2.45. The molecule has 3 aliphatic rings. The van der Waals surface area contributed by atoms with E-state index >= 15 is 0 Å². The van der Waals surface area contributed by atoms with Crippen molar-refractivity contribution in [1.29, 1.82) is 0 Å². The van der Waals surface area contributed by atoms with Crippen LogP contribution in [0, 0.1) is 35.4 Å². The number of carbonyl (C=O) groups is 1. The third kappa shape index (κ3) is 5.39. The molecule has 0 radical (unpaired) electrons. The van der Waals surface area contributed by atoms with Crippen molar-refractivity contribution in [3.8, 4) is 0 Å². The zero-order valence-corrected chi connectivity index (χ0v) is 20.2. The molecule has 0 bridgehead atoms.